The summed E-state index contributed by atoms with van der Waals surface area (Å²) in [5.41, 5.74) is 2.94. The number of phenolic OH excluding ortho intramolecular Hbond substituents is 1. The molecule has 0 aliphatic carbocycles. The van der Waals surface area contributed by atoms with Crippen molar-refractivity contribution in [2.24, 2.45) is 0 Å². The standard InChI is InChI=1S/C13H9NO3Se/c15-8-3-1-2-7(4-8)9-6-18-11-5-10(13(16)17)14-12(9)11/h1-6,14-15H,(H,16,17). The van der Waals surface area contributed by atoms with Gasteiger partial charge < -0.3 is 0 Å². The first-order valence-electron chi connectivity index (χ1n) is 5.28. The second-order valence-electron chi connectivity index (χ2n) is 3.93. The van der Waals surface area contributed by atoms with Gasteiger partial charge in [0.15, 0.2) is 0 Å². The number of phenols is 1. The van der Waals surface area contributed by atoms with Crippen molar-refractivity contribution in [2.45, 2.75) is 0 Å². The average molecular weight is 306 g/mol. The number of aromatic hydroxyl groups is 1. The van der Waals surface area contributed by atoms with Gasteiger partial charge in [0.05, 0.1) is 0 Å². The monoisotopic (exact) mass is 307 g/mol. The summed E-state index contributed by atoms with van der Waals surface area (Å²) in [4.78, 5) is 15.9. The number of H-pyrrole nitrogens is 1. The summed E-state index contributed by atoms with van der Waals surface area (Å²) >= 11 is 0.139. The Morgan fingerprint density at radius 1 is 1.28 bits per heavy atom. The fourth-order valence-electron chi connectivity index (χ4n) is 1.91. The Labute approximate surface area is 108 Å². The Hall–Kier alpha value is -1.97. The summed E-state index contributed by atoms with van der Waals surface area (Å²) in [6, 6.07) is 8.65. The van der Waals surface area contributed by atoms with Crippen LogP contribution in [0.1, 0.15) is 10.5 Å². The zero-order valence-corrected chi connectivity index (χ0v) is 10.9. The first kappa shape index (κ1) is 11.1. The topological polar surface area (TPSA) is 73.3 Å². The number of aromatic amines is 1. The van der Waals surface area contributed by atoms with Crippen molar-refractivity contribution in [3.8, 4) is 16.9 Å². The second-order valence-corrected chi connectivity index (χ2v) is 5.84. The predicted octanol–water partition coefficient (Wildman–Crippen LogP) is 2.30. The van der Waals surface area contributed by atoms with Crippen molar-refractivity contribution in [1.29, 1.82) is 0 Å². The number of hydrogen-bond donors (Lipinski definition) is 3. The van der Waals surface area contributed by atoms with E-state index in [-0.39, 0.29) is 25.9 Å². The Morgan fingerprint density at radius 3 is 2.83 bits per heavy atom. The van der Waals surface area contributed by atoms with E-state index in [1.807, 2.05) is 6.07 Å². The Morgan fingerprint density at radius 2 is 2.11 bits per heavy atom. The van der Waals surface area contributed by atoms with E-state index in [4.69, 9.17) is 5.11 Å². The molecule has 0 saturated heterocycles. The normalized spacial score (nSPS) is 10.9. The number of carbonyl (C=O) groups is 1. The van der Waals surface area contributed by atoms with Crippen molar-refractivity contribution in [1.82, 2.24) is 4.98 Å². The number of aromatic nitrogens is 1. The van der Waals surface area contributed by atoms with E-state index in [2.05, 4.69) is 9.92 Å². The number of rotatable bonds is 2. The van der Waals surface area contributed by atoms with Gasteiger partial charge >= 0.3 is 108 Å². The third kappa shape index (κ3) is 1.74. The first-order chi connectivity index (χ1) is 8.65. The van der Waals surface area contributed by atoms with Gasteiger partial charge in [0.1, 0.15) is 0 Å². The molecule has 4 nitrogen and oxygen atoms in total. The van der Waals surface area contributed by atoms with Crippen molar-refractivity contribution in [2.75, 3.05) is 0 Å². The molecular formula is C13H9NO3Se. The molecule has 0 fully saturated rings. The molecule has 0 aliphatic heterocycles. The number of fused-ring (bicyclic) bond motifs is 1. The number of hydrogen-bond acceptors (Lipinski definition) is 2. The number of nitrogens with one attached hydrogen (secondary N) is 1. The molecule has 1 aromatic carbocycles. The van der Waals surface area contributed by atoms with Gasteiger partial charge in [0.2, 0.25) is 0 Å². The van der Waals surface area contributed by atoms with Gasteiger partial charge in [0.25, 0.3) is 0 Å². The second kappa shape index (κ2) is 4.05. The van der Waals surface area contributed by atoms with Crippen LogP contribution in [0.5, 0.6) is 5.75 Å². The number of aromatic carboxylic acids is 1. The summed E-state index contributed by atoms with van der Waals surface area (Å²) in [5.74, 6) is -0.741. The molecular weight excluding hydrogens is 297 g/mol. The fourth-order valence-corrected chi connectivity index (χ4v) is 3.93. The van der Waals surface area contributed by atoms with Gasteiger partial charge in [-0.2, -0.15) is 0 Å². The SMILES string of the molecule is O=C(O)c1cc2[se]cc(-c3cccc(O)c3)c2[nH]1. The van der Waals surface area contributed by atoms with E-state index < -0.39 is 5.97 Å². The van der Waals surface area contributed by atoms with Crippen LogP contribution < -0.4 is 0 Å². The summed E-state index contributed by atoms with van der Waals surface area (Å²) in [6.45, 7) is 0. The number of carboxylic acid groups (broad SMARTS) is 1. The van der Waals surface area contributed by atoms with Crippen molar-refractivity contribution in [3.05, 3.63) is 41.0 Å². The molecule has 0 amide bonds. The van der Waals surface area contributed by atoms with Crippen molar-refractivity contribution in [3.63, 3.8) is 0 Å². The molecule has 5 heteroatoms. The maximum absolute atomic E-state index is 10.9. The maximum atomic E-state index is 10.9. The van der Waals surface area contributed by atoms with Crippen LogP contribution in [-0.4, -0.2) is 35.7 Å². The zero-order valence-electron chi connectivity index (χ0n) is 9.18. The van der Waals surface area contributed by atoms with E-state index in [9.17, 15) is 9.90 Å². The number of carboxylic acids is 1. The Bertz CT molecular complexity index is 742. The van der Waals surface area contributed by atoms with Crippen molar-refractivity contribution >= 4 is 30.2 Å². The summed E-state index contributed by atoms with van der Waals surface area (Å²) in [6.07, 6.45) is 0. The molecule has 0 radical (unpaired) electrons. The van der Waals surface area contributed by atoms with E-state index >= 15 is 0 Å². The molecule has 3 aromatic rings. The molecule has 0 aliphatic rings. The van der Waals surface area contributed by atoms with Crippen LogP contribution in [0.4, 0.5) is 0 Å². The molecule has 90 valence electrons. The molecule has 3 N–H and O–H groups in total. The molecule has 0 unspecified atom stereocenters. The van der Waals surface area contributed by atoms with Crippen LogP contribution in [0.15, 0.2) is 35.3 Å². The summed E-state index contributed by atoms with van der Waals surface area (Å²) in [7, 11) is 0. The third-order valence-electron chi connectivity index (χ3n) is 2.74. The van der Waals surface area contributed by atoms with Crippen LogP contribution in [0.3, 0.4) is 0 Å². The van der Waals surface area contributed by atoms with Gasteiger partial charge in [-0.1, -0.05) is 0 Å². The minimum absolute atomic E-state index is 0.139. The van der Waals surface area contributed by atoms with Crippen LogP contribution in [0.2, 0.25) is 0 Å². The summed E-state index contributed by atoms with van der Waals surface area (Å²) < 4.78 is 1.04. The Kier molecular flexibility index (Phi) is 2.51. The van der Waals surface area contributed by atoms with E-state index in [0.29, 0.717) is 0 Å². The molecule has 0 spiro atoms. The van der Waals surface area contributed by atoms with E-state index in [0.717, 1.165) is 20.9 Å². The third-order valence-corrected chi connectivity index (χ3v) is 4.69. The van der Waals surface area contributed by atoms with Crippen LogP contribution in [0, 0.1) is 0 Å². The molecule has 18 heavy (non-hydrogen) atoms. The fraction of sp³-hybridized carbons (Fsp3) is 0. The molecule has 2 heterocycles. The van der Waals surface area contributed by atoms with E-state index in [1.54, 1.807) is 24.3 Å². The minimum atomic E-state index is -0.949. The molecule has 0 saturated carbocycles. The first-order valence-corrected chi connectivity index (χ1v) is 7.12. The van der Waals surface area contributed by atoms with Gasteiger partial charge in [-0.15, -0.1) is 0 Å². The van der Waals surface area contributed by atoms with Crippen LogP contribution in [0.25, 0.3) is 20.9 Å². The molecule has 2 aromatic heterocycles. The molecule has 3 rings (SSSR count). The number of benzene rings is 1. The average Bonchev–Trinajstić information content (AvgIpc) is 2.87. The molecule has 0 bridgehead atoms. The Balaban J connectivity index is 2.20. The zero-order chi connectivity index (χ0) is 12.7. The van der Waals surface area contributed by atoms with Gasteiger partial charge in [-0.25, -0.2) is 0 Å². The predicted molar refractivity (Wildman–Crippen MR) is 69.3 cm³/mol. The van der Waals surface area contributed by atoms with Gasteiger partial charge in [-0.05, 0) is 0 Å². The van der Waals surface area contributed by atoms with Gasteiger partial charge in [-0.3, -0.25) is 0 Å². The van der Waals surface area contributed by atoms with Crippen LogP contribution in [-0.2, 0) is 0 Å². The molecule has 0 atom stereocenters. The van der Waals surface area contributed by atoms with Crippen LogP contribution >= 0.6 is 0 Å². The van der Waals surface area contributed by atoms with E-state index in [1.165, 1.54) is 0 Å². The quantitative estimate of drug-likeness (QED) is 0.636. The summed E-state index contributed by atoms with van der Waals surface area (Å²) in [5, 5.41) is 18.4. The van der Waals surface area contributed by atoms with Gasteiger partial charge in [0, 0.05) is 0 Å². The van der Waals surface area contributed by atoms with Crippen molar-refractivity contribution < 1.29 is 15.0 Å².